The van der Waals surface area contributed by atoms with Gasteiger partial charge in [-0.1, -0.05) is 5.16 Å². The molecule has 2 amide bonds. The molecule has 15 heteroatoms. The molecular weight excluding hydrogens is 532 g/mol. The second-order valence-electron chi connectivity index (χ2n) is 8.51. The lowest BCUT2D eigenvalue weighted by Crippen LogP contribution is -2.71. The van der Waals surface area contributed by atoms with Gasteiger partial charge in [0.15, 0.2) is 36.4 Å². The van der Waals surface area contributed by atoms with Crippen molar-refractivity contribution in [3.05, 3.63) is 70.7 Å². The van der Waals surface area contributed by atoms with Crippen molar-refractivity contribution >= 4 is 51.7 Å². The number of carboxylic acids is 1. The van der Waals surface area contributed by atoms with E-state index in [0.717, 1.165) is 16.9 Å². The van der Waals surface area contributed by atoms with Gasteiger partial charge in [-0.15, -0.1) is 23.1 Å². The summed E-state index contributed by atoms with van der Waals surface area (Å²) in [5, 5.41) is 19.8. The summed E-state index contributed by atoms with van der Waals surface area (Å²) < 4.78 is 1.83. The van der Waals surface area contributed by atoms with Crippen LogP contribution >= 0.6 is 23.1 Å². The Morgan fingerprint density at radius 1 is 1.39 bits per heavy atom. The predicted octanol–water partition coefficient (Wildman–Crippen LogP) is -0.931. The van der Waals surface area contributed by atoms with Crippen LogP contribution in [0.25, 0.3) is 0 Å². The van der Waals surface area contributed by atoms with E-state index in [1.165, 1.54) is 23.0 Å². The molecule has 0 saturated carbocycles. The Morgan fingerprint density at radius 3 is 2.84 bits per heavy atom. The normalized spacial score (nSPS) is 19.1. The molecule has 3 aromatic rings. The highest BCUT2D eigenvalue weighted by Crippen LogP contribution is 2.40. The van der Waals surface area contributed by atoms with Gasteiger partial charge >= 0.3 is 0 Å². The van der Waals surface area contributed by atoms with Crippen molar-refractivity contribution in [3.63, 3.8) is 0 Å². The number of β-lactam (4-membered cyclic amide) rings is 1. The smallest absolute Gasteiger partial charge is 0.276 e. The molecular formula is C23H22N8O5S2. The first kappa shape index (κ1) is 25.4. The monoisotopic (exact) mass is 554 g/mol. The van der Waals surface area contributed by atoms with E-state index in [4.69, 9.17) is 10.6 Å². The molecule has 0 unspecified atom stereocenters. The van der Waals surface area contributed by atoms with Crippen molar-refractivity contribution in [2.45, 2.75) is 31.5 Å². The maximum Gasteiger partial charge on any atom is 0.276 e. The van der Waals surface area contributed by atoms with E-state index in [0.29, 0.717) is 23.6 Å². The van der Waals surface area contributed by atoms with Crippen molar-refractivity contribution in [1.29, 1.82) is 0 Å². The molecule has 196 valence electrons. The molecule has 5 rings (SSSR count). The first-order valence-electron chi connectivity index (χ1n) is 11.3. The summed E-state index contributed by atoms with van der Waals surface area (Å²) in [7, 11) is 0. The molecule has 2 aliphatic rings. The van der Waals surface area contributed by atoms with Gasteiger partial charge in [-0.25, -0.2) is 14.5 Å². The zero-order valence-corrected chi connectivity index (χ0v) is 21.6. The number of pyridine rings is 1. The molecule has 13 nitrogen and oxygen atoms in total. The fourth-order valence-electron chi connectivity index (χ4n) is 3.99. The number of amides is 2. The Hall–Kier alpha value is -4.24. The van der Waals surface area contributed by atoms with Crippen LogP contribution in [0.15, 0.2) is 58.9 Å². The largest absolute Gasteiger partial charge is 0.543 e. The van der Waals surface area contributed by atoms with Gasteiger partial charge in [-0.05, 0) is 12.5 Å². The first-order valence-corrected chi connectivity index (χ1v) is 13.3. The summed E-state index contributed by atoms with van der Waals surface area (Å²) in [5.41, 5.74) is 7.82. The van der Waals surface area contributed by atoms with Gasteiger partial charge in [-0.2, -0.15) is 0 Å². The average Bonchev–Trinajstić information content (AvgIpc) is 3.57. The maximum absolute atomic E-state index is 13.2. The summed E-state index contributed by atoms with van der Waals surface area (Å²) in [6.07, 6.45) is 6.71. The second-order valence-corrected chi connectivity index (χ2v) is 10.5. The summed E-state index contributed by atoms with van der Waals surface area (Å²) in [4.78, 5) is 55.6. The standard InChI is InChI=1S/C23H22N8O5S2/c1-12-2-4-30(5-3-12)7-13-9-37-21-17(20(33)31(21)18(13)22(34)35)28-19(32)16(15-10-38-23(24)27-15)29-36-8-14-6-25-11-26-14/h2-6,10-11,17,21H,7-9H2,1H3,(H4-,24,25,26,27,28,32,34,35)/t17-,21+/m1/s1. The highest BCUT2D eigenvalue weighted by molar-refractivity contribution is 8.00. The first-order chi connectivity index (χ1) is 18.3. The van der Waals surface area contributed by atoms with E-state index in [1.807, 2.05) is 36.0 Å². The number of H-pyrrole nitrogens is 1. The molecule has 0 radical (unpaired) electrons. The number of nitrogens with zero attached hydrogens (tertiary/aromatic N) is 5. The van der Waals surface area contributed by atoms with Gasteiger partial charge in [0, 0.05) is 28.8 Å². The summed E-state index contributed by atoms with van der Waals surface area (Å²) in [6.45, 7) is 2.27. The lowest BCUT2D eigenvalue weighted by atomic mass is 10.0. The van der Waals surface area contributed by atoms with E-state index >= 15 is 0 Å². The van der Waals surface area contributed by atoms with E-state index in [-0.39, 0.29) is 28.8 Å². The Bertz CT molecular complexity index is 1430. The van der Waals surface area contributed by atoms with E-state index < -0.39 is 29.2 Å². The number of carboxylic acid groups (broad SMARTS) is 1. The van der Waals surface area contributed by atoms with Crippen LogP contribution in [0.2, 0.25) is 0 Å². The molecule has 0 aromatic carbocycles. The molecule has 0 bridgehead atoms. The zero-order chi connectivity index (χ0) is 26.8. The minimum Gasteiger partial charge on any atom is -0.543 e. The number of carbonyl (C=O) groups is 3. The highest BCUT2D eigenvalue weighted by Gasteiger charge is 2.53. The average molecular weight is 555 g/mol. The second kappa shape index (κ2) is 10.6. The molecule has 0 aliphatic carbocycles. The van der Waals surface area contributed by atoms with Crippen molar-refractivity contribution < 1.29 is 28.9 Å². The molecule has 3 aromatic heterocycles. The van der Waals surface area contributed by atoms with Gasteiger partial charge in [-0.3, -0.25) is 14.5 Å². The fourth-order valence-corrected chi connectivity index (χ4v) is 5.87. The van der Waals surface area contributed by atoms with Crippen LogP contribution < -0.4 is 20.7 Å². The SMILES string of the molecule is Cc1cc[n+](CC2=C(C(=O)[O-])N3C(=O)[C@@H](NC(=O)C(=NOCc4cnc[nH]4)c4csc(N)n4)[C@@H]3SC2)cc1. The predicted molar refractivity (Wildman–Crippen MR) is 135 cm³/mol. The third-order valence-corrected chi connectivity index (χ3v) is 7.88. The number of aromatic amines is 1. The number of thioether (sulfide) groups is 1. The van der Waals surface area contributed by atoms with Crippen molar-refractivity contribution in [2.75, 3.05) is 11.5 Å². The number of imidazole rings is 1. The number of hydrogen-bond acceptors (Lipinski definition) is 11. The molecule has 38 heavy (non-hydrogen) atoms. The molecule has 2 atom stereocenters. The number of rotatable bonds is 9. The number of nitrogen functional groups attached to an aromatic ring is 1. The van der Waals surface area contributed by atoms with Crippen LogP contribution in [-0.4, -0.2) is 60.5 Å². The van der Waals surface area contributed by atoms with Gasteiger partial charge in [0.2, 0.25) is 0 Å². The van der Waals surface area contributed by atoms with Crippen molar-refractivity contribution in [3.8, 4) is 0 Å². The Labute approximate surface area is 224 Å². The summed E-state index contributed by atoms with van der Waals surface area (Å²) in [5.74, 6) is -2.36. The molecule has 2 aliphatic heterocycles. The van der Waals surface area contributed by atoms with Crippen LogP contribution in [0.1, 0.15) is 17.0 Å². The molecule has 4 N–H and O–H groups in total. The number of nitrogens with two attached hydrogens (primary N) is 1. The number of fused-ring (bicyclic) bond motifs is 1. The number of hydrogen-bond donors (Lipinski definition) is 3. The number of carbonyl (C=O) groups excluding carboxylic acids is 3. The lowest BCUT2D eigenvalue weighted by molar-refractivity contribution is -0.689. The lowest BCUT2D eigenvalue weighted by Gasteiger charge is -2.50. The van der Waals surface area contributed by atoms with Crippen molar-refractivity contribution in [2.24, 2.45) is 5.16 Å². The number of nitrogens with one attached hydrogen (secondary N) is 2. The molecule has 0 spiro atoms. The third kappa shape index (κ3) is 5.10. The van der Waals surface area contributed by atoms with Gasteiger partial charge in [0.1, 0.15) is 17.1 Å². The van der Waals surface area contributed by atoms with Gasteiger partial charge in [0.25, 0.3) is 11.8 Å². The minimum absolute atomic E-state index is 0.0204. The van der Waals surface area contributed by atoms with Crippen LogP contribution in [0, 0.1) is 6.92 Å². The molecule has 1 saturated heterocycles. The Balaban J connectivity index is 1.32. The van der Waals surface area contributed by atoms with E-state index in [9.17, 15) is 19.5 Å². The van der Waals surface area contributed by atoms with Crippen LogP contribution in [0.5, 0.6) is 0 Å². The number of anilines is 1. The molecule has 5 heterocycles. The molecule has 1 fully saturated rings. The fraction of sp³-hybridized carbons (Fsp3) is 0.261. The summed E-state index contributed by atoms with van der Waals surface area (Å²) in [6, 6.07) is 2.85. The van der Waals surface area contributed by atoms with Crippen LogP contribution in [-0.2, 0) is 32.4 Å². The van der Waals surface area contributed by atoms with Gasteiger partial charge in [0.05, 0.1) is 29.9 Å². The number of aromatic nitrogens is 4. The van der Waals surface area contributed by atoms with Crippen LogP contribution in [0.4, 0.5) is 5.13 Å². The number of thiazole rings is 1. The quantitative estimate of drug-likeness (QED) is 0.130. The number of aliphatic carboxylic acids is 1. The Kier molecular flexibility index (Phi) is 7.11. The number of aryl methyl sites for hydroxylation is 1. The minimum atomic E-state index is -1.44. The third-order valence-electron chi connectivity index (χ3n) is 5.87. The maximum atomic E-state index is 13.2. The van der Waals surface area contributed by atoms with Crippen molar-refractivity contribution in [1.82, 2.24) is 25.2 Å². The van der Waals surface area contributed by atoms with Gasteiger partial charge < -0.3 is 30.8 Å². The van der Waals surface area contributed by atoms with E-state index in [2.05, 4.69) is 25.4 Å². The Morgan fingerprint density at radius 2 is 2.18 bits per heavy atom. The topological polar surface area (TPSA) is 183 Å². The number of oxime groups is 1. The van der Waals surface area contributed by atoms with Crippen LogP contribution in [0.3, 0.4) is 0 Å². The van der Waals surface area contributed by atoms with E-state index in [1.54, 1.807) is 11.6 Å². The zero-order valence-electron chi connectivity index (χ0n) is 20.0. The summed E-state index contributed by atoms with van der Waals surface area (Å²) >= 11 is 2.48. The highest BCUT2D eigenvalue weighted by atomic mass is 32.2.